The Hall–Kier alpha value is -1.10. The maximum atomic E-state index is 10.8. The number of ether oxygens (including phenoxy) is 1. The molecular weight excluding hydrogens is 186 g/mol. The molecule has 14 heavy (non-hydrogen) atoms. The highest BCUT2D eigenvalue weighted by Gasteiger charge is 2.25. The van der Waals surface area contributed by atoms with Crippen LogP contribution < -0.4 is 5.32 Å². The molecule has 0 aromatic heterocycles. The predicted octanol–water partition coefficient (Wildman–Crippen LogP) is 0.00230. The van der Waals surface area contributed by atoms with Crippen molar-refractivity contribution in [1.29, 1.82) is 0 Å². The largest absolute Gasteiger partial charge is 0.480 e. The van der Waals surface area contributed by atoms with E-state index < -0.39 is 12.0 Å². The van der Waals surface area contributed by atoms with E-state index in [-0.39, 0.29) is 11.8 Å². The van der Waals surface area contributed by atoms with Gasteiger partial charge in [0.2, 0.25) is 5.91 Å². The summed E-state index contributed by atoms with van der Waals surface area (Å²) in [7, 11) is 0. The molecule has 1 unspecified atom stereocenters. The van der Waals surface area contributed by atoms with E-state index >= 15 is 0 Å². The molecule has 1 rings (SSSR count). The van der Waals surface area contributed by atoms with Crippen molar-refractivity contribution >= 4 is 11.9 Å². The van der Waals surface area contributed by atoms with E-state index in [0.717, 1.165) is 6.42 Å². The molecule has 0 aliphatic carbocycles. The van der Waals surface area contributed by atoms with Crippen molar-refractivity contribution in [2.45, 2.75) is 25.8 Å². The summed E-state index contributed by atoms with van der Waals surface area (Å²) in [5.74, 6) is -1.04. The van der Waals surface area contributed by atoms with Crippen LogP contribution in [0.3, 0.4) is 0 Å². The number of hydrogen-bond donors (Lipinski definition) is 2. The fraction of sp³-hybridized carbons (Fsp3) is 0.778. The molecule has 80 valence electrons. The van der Waals surface area contributed by atoms with Gasteiger partial charge in [-0.3, -0.25) is 4.79 Å². The van der Waals surface area contributed by atoms with E-state index in [1.54, 1.807) is 0 Å². The average molecular weight is 201 g/mol. The summed E-state index contributed by atoms with van der Waals surface area (Å²) in [6.45, 7) is 2.61. The predicted molar refractivity (Wildman–Crippen MR) is 48.8 cm³/mol. The minimum absolute atomic E-state index is 0.253. The van der Waals surface area contributed by atoms with Gasteiger partial charge in [0.25, 0.3) is 0 Å². The molecule has 1 amide bonds. The zero-order valence-corrected chi connectivity index (χ0v) is 8.16. The van der Waals surface area contributed by atoms with Gasteiger partial charge in [0.1, 0.15) is 6.04 Å². The Bertz CT molecular complexity index is 223. The Kier molecular flexibility index (Phi) is 3.88. The number of carbonyl (C=O) groups excluding carboxylic acids is 1. The summed E-state index contributed by atoms with van der Waals surface area (Å²) in [5.41, 5.74) is 0. The van der Waals surface area contributed by atoms with Crippen molar-refractivity contribution in [3.8, 4) is 0 Å². The van der Waals surface area contributed by atoms with Crippen LogP contribution in [0.15, 0.2) is 0 Å². The Morgan fingerprint density at radius 2 is 2.36 bits per heavy atom. The smallest absolute Gasteiger partial charge is 0.326 e. The highest BCUT2D eigenvalue weighted by molar-refractivity contribution is 5.82. The zero-order valence-electron chi connectivity index (χ0n) is 8.16. The van der Waals surface area contributed by atoms with Crippen LogP contribution >= 0.6 is 0 Å². The van der Waals surface area contributed by atoms with Crippen LogP contribution in [0.5, 0.6) is 0 Å². The Morgan fingerprint density at radius 1 is 1.64 bits per heavy atom. The van der Waals surface area contributed by atoms with Gasteiger partial charge in [-0.25, -0.2) is 4.79 Å². The molecule has 2 atom stereocenters. The van der Waals surface area contributed by atoms with Crippen molar-refractivity contribution in [2.24, 2.45) is 5.92 Å². The van der Waals surface area contributed by atoms with Gasteiger partial charge in [-0.1, -0.05) is 0 Å². The molecule has 5 heteroatoms. The van der Waals surface area contributed by atoms with Crippen LogP contribution in [-0.4, -0.2) is 36.2 Å². The minimum atomic E-state index is -0.980. The quantitative estimate of drug-likeness (QED) is 0.671. The van der Waals surface area contributed by atoms with Crippen LogP contribution in [0.1, 0.15) is 19.8 Å². The first kappa shape index (κ1) is 11.0. The second-order valence-electron chi connectivity index (χ2n) is 3.56. The SMILES string of the molecule is CC(=O)N[C@@H](CC1CCOC1)C(=O)O. The fourth-order valence-electron chi connectivity index (χ4n) is 1.57. The van der Waals surface area contributed by atoms with E-state index in [0.29, 0.717) is 19.6 Å². The van der Waals surface area contributed by atoms with Crippen molar-refractivity contribution < 1.29 is 19.4 Å². The molecule has 1 heterocycles. The summed E-state index contributed by atoms with van der Waals surface area (Å²) in [6.07, 6.45) is 1.33. The molecule has 0 bridgehead atoms. The molecule has 0 radical (unpaired) electrons. The van der Waals surface area contributed by atoms with Crippen molar-refractivity contribution in [3.63, 3.8) is 0 Å². The van der Waals surface area contributed by atoms with Gasteiger partial charge < -0.3 is 15.2 Å². The number of amides is 1. The molecule has 0 aromatic rings. The molecule has 1 saturated heterocycles. The third kappa shape index (κ3) is 3.33. The van der Waals surface area contributed by atoms with E-state index in [1.165, 1.54) is 6.92 Å². The summed E-state index contributed by atoms with van der Waals surface area (Å²) in [6, 6.07) is -0.779. The topological polar surface area (TPSA) is 75.6 Å². The highest BCUT2D eigenvalue weighted by atomic mass is 16.5. The monoisotopic (exact) mass is 201 g/mol. The third-order valence-corrected chi connectivity index (χ3v) is 2.27. The van der Waals surface area contributed by atoms with Gasteiger partial charge >= 0.3 is 5.97 Å². The van der Waals surface area contributed by atoms with Crippen molar-refractivity contribution in [1.82, 2.24) is 5.32 Å². The first-order valence-electron chi connectivity index (χ1n) is 4.67. The van der Waals surface area contributed by atoms with Gasteiger partial charge in [0, 0.05) is 20.1 Å². The van der Waals surface area contributed by atoms with Gasteiger partial charge in [-0.05, 0) is 18.8 Å². The van der Waals surface area contributed by atoms with E-state index in [2.05, 4.69) is 5.32 Å². The van der Waals surface area contributed by atoms with Crippen LogP contribution in [0.25, 0.3) is 0 Å². The van der Waals surface area contributed by atoms with Crippen molar-refractivity contribution in [2.75, 3.05) is 13.2 Å². The Labute approximate surface area is 82.4 Å². The molecule has 0 aromatic carbocycles. The lowest BCUT2D eigenvalue weighted by Gasteiger charge is -2.16. The maximum absolute atomic E-state index is 10.8. The molecule has 1 aliphatic heterocycles. The highest BCUT2D eigenvalue weighted by Crippen LogP contribution is 2.18. The number of carboxylic acids is 1. The lowest BCUT2D eigenvalue weighted by molar-refractivity contribution is -0.142. The first-order chi connectivity index (χ1) is 6.59. The van der Waals surface area contributed by atoms with Crippen LogP contribution in [0, 0.1) is 5.92 Å². The summed E-state index contributed by atoms with van der Waals surface area (Å²) >= 11 is 0. The Balaban J connectivity index is 2.41. The Morgan fingerprint density at radius 3 is 2.79 bits per heavy atom. The van der Waals surface area contributed by atoms with Gasteiger partial charge in [-0.15, -0.1) is 0 Å². The number of nitrogens with one attached hydrogen (secondary N) is 1. The fourth-order valence-corrected chi connectivity index (χ4v) is 1.57. The summed E-state index contributed by atoms with van der Waals surface area (Å²) in [5, 5.41) is 11.2. The van der Waals surface area contributed by atoms with Gasteiger partial charge in [0.05, 0.1) is 0 Å². The second kappa shape index (κ2) is 4.95. The van der Waals surface area contributed by atoms with Gasteiger partial charge in [-0.2, -0.15) is 0 Å². The summed E-state index contributed by atoms with van der Waals surface area (Å²) < 4.78 is 5.14. The molecule has 2 N–H and O–H groups in total. The minimum Gasteiger partial charge on any atom is -0.480 e. The number of carbonyl (C=O) groups is 2. The molecule has 1 fully saturated rings. The standard InChI is InChI=1S/C9H15NO4/c1-6(11)10-8(9(12)13)4-7-2-3-14-5-7/h7-8H,2-5H2,1H3,(H,10,11)(H,12,13)/t7?,8-/m0/s1. The van der Waals surface area contributed by atoms with Crippen LogP contribution in [0.2, 0.25) is 0 Å². The van der Waals surface area contributed by atoms with Gasteiger partial charge in [0.15, 0.2) is 0 Å². The number of aliphatic carboxylic acids is 1. The number of carboxylic acid groups (broad SMARTS) is 1. The zero-order chi connectivity index (χ0) is 10.6. The molecular formula is C9H15NO4. The molecule has 1 aliphatic rings. The van der Waals surface area contributed by atoms with Crippen LogP contribution in [0.4, 0.5) is 0 Å². The van der Waals surface area contributed by atoms with Crippen LogP contribution in [-0.2, 0) is 14.3 Å². The average Bonchev–Trinajstić information content (AvgIpc) is 2.54. The number of rotatable bonds is 4. The van der Waals surface area contributed by atoms with E-state index in [4.69, 9.17) is 9.84 Å². The third-order valence-electron chi connectivity index (χ3n) is 2.27. The van der Waals surface area contributed by atoms with Crippen molar-refractivity contribution in [3.05, 3.63) is 0 Å². The first-order valence-corrected chi connectivity index (χ1v) is 4.67. The van der Waals surface area contributed by atoms with E-state index in [1.807, 2.05) is 0 Å². The maximum Gasteiger partial charge on any atom is 0.326 e. The lowest BCUT2D eigenvalue weighted by Crippen LogP contribution is -2.41. The van der Waals surface area contributed by atoms with E-state index in [9.17, 15) is 9.59 Å². The molecule has 5 nitrogen and oxygen atoms in total. The number of hydrogen-bond acceptors (Lipinski definition) is 3. The lowest BCUT2D eigenvalue weighted by atomic mass is 9.99. The second-order valence-corrected chi connectivity index (χ2v) is 3.56. The molecule has 0 spiro atoms. The normalized spacial score (nSPS) is 23.1. The molecule has 0 saturated carbocycles. The summed E-state index contributed by atoms with van der Waals surface area (Å²) in [4.78, 5) is 21.5.